The minimum absolute atomic E-state index is 0.0818. The van der Waals surface area contributed by atoms with E-state index in [1.165, 1.54) is 0 Å². The van der Waals surface area contributed by atoms with Crippen LogP contribution in [0.5, 0.6) is 0 Å². The quantitative estimate of drug-likeness (QED) is 0.777. The van der Waals surface area contributed by atoms with Gasteiger partial charge in [0.25, 0.3) is 5.56 Å². The van der Waals surface area contributed by atoms with E-state index in [2.05, 4.69) is 9.97 Å². The highest BCUT2D eigenvalue weighted by Crippen LogP contribution is 2.27. The second kappa shape index (κ2) is 5.06. The maximum Gasteiger partial charge on any atom is 0.254 e. The summed E-state index contributed by atoms with van der Waals surface area (Å²) >= 11 is 1.59. The normalized spacial score (nSPS) is 10.7. The van der Waals surface area contributed by atoms with E-state index in [9.17, 15) is 4.79 Å². The number of benzene rings is 1. The molecule has 0 radical (unpaired) electrons. The van der Waals surface area contributed by atoms with Crippen LogP contribution in [0.25, 0.3) is 22.0 Å². The lowest BCUT2D eigenvalue weighted by atomic mass is 10.1. The average Bonchev–Trinajstić information content (AvgIpc) is 2.89. The van der Waals surface area contributed by atoms with Gasteiger partial charge >= 0.3 is 0 Å². The predicted molar refractivity (Wildman–Crippen MR) is 83.1 cm³/mol. The molecule has 0 unspecified atom stereocenters. The van der Waals surface area contributed by atoms with Crippen LogP contribution in [0.4, 0.5) is 0 Å². The Morgan fingerprint density at radius 1 is 1.10 bits per heavy atom. The van der Waals surface area contributed by atoms with Gasteiger partial charge in [-0.2, -0.15) is 0 Å². The van der Waals surface area contributed by atoms with E-state index in [0.717, 1.165) is 21.7 Å². The van der Waals surface area contributed by atoms with Gasteiger partial charge in [0.05, 0.1) is 10.6 Å². The topological polar surface area (TPSA) is 45.8 Å². The van der Waals surface area contributed by atoms with E-state index in [1.54, 1.807) is 18.3 Å². The predicted octanol–water partition coefficient (Wildman–Crippen LogP) is 3.78. The Hall–Kier alpha value is -2.20. The van der Waals surface area contributed by atoms with Gasteiger partial charge in [-0.05, 0) is 30.9 Å². The molecule has 20 heavy (non-hydrogen) atoms. The molecule has 3 nitrogen and oxygen atoms in total. The van der Waals surface area contributed by atoms with Crippen LogP contribution in [0.3, 0.4) is 0 Å². The summed E-state index contributed by atoms with van der Waals surface area (Å²) in [4.78, 5) is 20.7. The van der Waals surface area contributed by atoms with E-state index in [-0.39, 0.29) is 5.56 Å². The molecule has 0 amide bonds. The zero-order valence-electron chi connectivity index (χ0n) is 11.3. The Kier molecular flexibility index (Phi) is 3.24. The van der Waals surface area contributed by atoms with Crippen LogP contribution >= 0.6 is 11.3 Å². The number of aromatic nitrogens is 2. The van der Waals surface area contributed by atoms with Gasteiger partial charge in [0.1, 0.15) is 0 Å². The van der Waals surface area contributed by atoms with Crippen molar-refractivity contribution in [1.82, 2.24) is 9.97 Å². The number of nitrogens with one attached hydrogen (secondary N) is 1. The monoisotopic (exact) mass is 282 g/mol. The molecule has 0 atom stereocenters. The fourth-order valence-electron chi connectivity index (χ4n) is 2.13. The van der Waals surface area contributed by atoms with Crippen LogP contribution in [0.15, 0.2) is 46.6 Å². The molecular weight excluding hydrogens is 268 g/mol. The Morgan fingerprint density at radius 3 is 2.50 bits per heavy atom. The Morgan fingerprint density at radius 2 is 1.85 bits per heavy atom. The maximum atomic E-state index is 12.1. The van der Waals surface area contributed by atoms with Crippen molar-refractivity contribution < 1.29 is 0 Å². The van der Waals surface area contributed by atoms with E-state index >= 15 is 0 Å². The molecule has 100 valence electrons. The molecule has 1 N–H and O–H groups in total. The lowest BCUT2D eigenvalue weighted by Gasteiger charge is -2.07. The largest absolute Gasteiger partial charge is 0.306 e. The SMILES string of the molecule is Cc1ccsc1-c1nc(-c2ccccc2)c(C)c(=O)[nH]1. The Balaban J connectivity index is 2.24. The van der Waals surface area contributed by atoms with Gasteiger partial charge in [0.2, 0.25) is 0 Å². The lowest BCUT2D eigenvalue weighted by Crippen LogP contribution is -2.14. The maximum absolute atomic E-state index is 12.1. The molecule has 0 saturated heterocycles. The summed E-state index contributed by atoms with van der Waals surface area (Å²) in [7, 11) is 0. The highest BCUT2D eigenvalue weighted by Gasteiger charge is 2.12. The van der Waals surface area contributed by atoms with E-state index < -0.39 is 0 Å². The second-order valence-corrected chi connectivity index (χ2v) is 5.60. The lowest BCUT2D eigenvalue weighted by molar-refractivity contribution is 1.09. The van der Waals surface area contributed by atoms with E-state index in [0.29, 0.717) is 11.4 Å². The third kappa shape index (κ3) is 2.18. The molecule has 0 saturated carbocycles. The zero-order valence-corrected chi connectivity index (χ0v) is 12.1. The van der Waals surface area contributed by atoms with Crippen LogP contribution in [0.2, 0.25) is 0 Å². The summed E-state index contributed by atoms with van der Waals surface area (Å²) in [5.41, 5.74) is 3.40. The van der Waals surface area contributed by atoms with Crippen molar-refractivity contribution in [3.05, 3.63) is 63.3 Å². The highest BCUT2D eigenvalue weighted by atomic mass is 32.1. The summed E-state index contributed by atoms with van der Waals surface area (Å²) in [5.74, 6) is 0.645. The first-order valence-corrected chi connectivity index (χ1v) is 7.25. The molecule has 0 fully saturated rings. The Labute approximate surface area is 121 Å². The standard InChI is InChI=1S/C16H14N2OS/c1-10-8-9-20-14(10)15-17-13(11(2)16(19)18-15)12-6-4-3-5-7-12/h3-9H,1-2H3,(H,17,18,19). The highest BCUT2D eigenvalue weighted by molar-refractivity contribution is 7.13. The number of hydrogen-bond donors (Lipinski definition) is 1. The van der Waals surface area contributed by atoms with Gasteiger partial charge in [-0.15, -0.1) is 11.3 Å². The zero-order chi connectivity index (χ0) is 14.1. The summed E-state index contributed by atoms with van der Waals surface area (Å²) in [5, 5.41) is 2.01. The fourth-order valence-corrected chi connectivity index (χ4v) is 3.00. The van der Waals surface area contributed by atoms with Gasteiger partial charge < -0.3 is 4.98 Å². The minimum Gasteiger partial charge on any atom is -0.306 e. The molecule has 4 heteroatoms. The molecule has 3 aromatic rings. The molecule has 2 heterocycles. The number of nitrogens with zero attached hydrogens (tertiary/aromatic N) is 1. The minimum atomic E-state index is -0.0818. The molecule has 0 aliphatic rings. The summed E-state index contributed by atoms with van der Waals surface area (Å²) in [6, 6.07) is 11.8. The molecule has 2 aromatic heterocycles. The molecule has 0 aliphatic carbocycles. The number of aryl methyl sites for hydroxylation is 1. The van der Waals surface area contributed by atoms with Crippen molar-refractivity contribution in [2.45, 2.75) is 13.8 Å². The smallest absolute Gasteiger partial charge is 0.254 e. The Bertz CT molecular complexity index is 803. The van der Waals surface area contributed by atoms with Crippen molar-refractivity contribution in [3.8, 4) is 22.0 Å². The molecule has 3 rings (SSSR count). The molecular formula is C16H14N2OS. The van der Waals surface area contributed by atoms with Gasteiger partial charge in [-0.25, -0.2) is 4.98 Å². The summed E-state index contributed by atoms with van der Waals surface area (Å²) in [6.07, 6.45) is 0. The van der Waals surface area contributed by atoms with Crippen molar-refractivity contribution in [1.29, 1.82) is 0 Å². The first kappa shape index (κ1) is 12.8. The molecule has 0 aliphatic heterocycles. The first-order valence-electron chi connectivity index (χ1n) is 6.37. The van der Waals surface area contributed by atoms with E-state index in [4.69, 9.17) is 0 Å². The number of rotatable bonds is 2. The fraction of sp³-hybridized carbons (Fsp3) is 0.125. The van der Waals surface area contributed by atoms with Crippen LogP contribution in [0.1, 0.15) is 11.1 Å². The van der Waals surface area contributed by atoms with Crippen LogP contribution in [-0.4, -0.2) is 9.97 Å². The molecule has 1 aromatic carbocycles. The van der Waals surface area contributed by atoms with Gasteiger partial charge in [-0.3, -0.25) is 4.79 Å². The number of H-pyrrole nitrogens is 1. The summed E-state index contributed by atoms with van der Waals surface area (Å²) in [6.45, 7) is 3.83. The van der Waals surface area contributed by atoms with Crippen molar-refractivity contribution in [2.75, 3.05) is 0 Å². The van der Waals surface area contributed by atoms with Crippen molar-refractivity contribution in [3.63, 3.8) is 0 Å². The third-order valence-corrected chi connectivity index (χ3v) is 4.30. The molecule has 0 spiro atoms. The van der Waals surface area contributed by atoms with Crippen molar-refractivity contribution in [2.24, 2.45) is 0 Å². The summed E-state index contributed by atoms with van der Waals surface area (Å²) < 4.78 is 0. The van der Waals surface area contributed by atoms with Crippen LogP contribution < -0.4 is 5.56 Å². The van der Waals surface area contributed by atoms with Crippen molar-refractivity contribution >= 4 is 11.3 Å². The second-order valence-electron chi connectivity index (χ2n) is 4.69. The average molecular weight is 282 g/mol. The number of hydrogen-bond acceptors (Lipinski definition) is 3. The first-order chi connectivity index (χ1) is 9.66. The van der Waals surface area contributed by atoms with E-state index in [1.807, 2.05) is 48.7 Å². The third-order valence-electron chi connectivity index (χ3n) is 3.28. The van der Waals surface area contributed by atoms with Gasteiger partial charge in [-0.1, -0.05) is 30.3 Å². The number of thiophene rings is 1. The van der Waals surface area contributed by atoms with Crippen LogP contribution in [-0.2, 0) is 0 Å². The van der Waals surface area contributed by atoms with Gasteiger partial charge in [0, 0.05) is 11.1 Å². The molecule has 0 bridgehead atoms. The van der Waals surface area contributed by atoms with Crippen LogP contribution in [0, 0.1) is 13.8 Å². The number of aromatic amines is 1. The van der Waals surface area contributed by atoms with Gasteiger partial charge in [0.15, 0.2) is 5.82 Å².